The van der Waals surface area contributed by atoms with Gasteiger partial charge < -0.3 is 19.9 Å². The van der Waals surface area contributed by atoms with Gasteiger partial charge >= 0.3 is 5.97 Å². The molecule has 3 rings (SSSR count). The molecule has 0 bridgehead atoms. The average molecular weight is 437 g/mol. The molecule has 2 aliphatic rings. The Labute approximate surface area is 206 Å². The highest BCUT2D eigenvalue weighted by atomic mass is 16.5. The molecule has 4 unspecified atom stereocenters. The van der Waals surface area contributed by atoms with Crippen molar-refractivity contribution < 1.29 is 43.7 Å². The Morgan fingerprint density at radius 3 is 2.90 bits per heavy atom. The largest absolute Gasteiger partial charge is 0.493 e. The van der Waals surface area contributed by atoms with Gasteiger partial charge in [-0.1, -0.05) is 27.5 Å². The number of benzene rings is 1. The lowest BCUT2D eigenvalue weighted by Crippen LogP contribution is -2.51. The van der Waals surface area contributed by atoms with Gasteiger partial charge in [0.05, 0.1) is 21.0 Å². The van der Waals surface area contributed by atoms with E-state index in [0.29, 0.717) is 11.1 Å². The number of hydrogen-bond donors (Lipinski definition) is 1. The molecule has 1 aromatic rings. The molecular formula is C24H38N2O4. The van der Waals surface area contributed by atoms with Crippen molar-refractivity contribution in [3.63, 3.8) is 0 Å². The van der Waals surface area contributed by atoms with Crippen molar-refractivity contribution in [3.05, 3.63) is 23.3 Å². The van der Waals surface area contributed by atoms with E-state index in [1.807, 2.05) is 0 Å². The number of piperidine rings is 1. The highest BCUT2D eigenvalue weighted by Gasteiger charge is 2.41. The summed E-state index contributed by atoms with van der Waals surface area (Å²) < 4.78 is 160. The second-order valence-corrected chi connectivity index (χ2v) is 7.24. The van der Waals surface area contributed by atoms with E-state index in [2.05, 4.69) is 0 Å². The molecule has 2 heterocycles. The van der Waals surface area contributed by atoms with Gasteiger partial charge in [-0.05, 0) is 47.8 Å². The fraction of sp³-hybridized carbons (Fsp3) is 0.708. The summed E-state index contributed by atoms with van der Waals surface area (Å²) in [5, 5.41) is 0. The second kappa shape index (κ2) is 9.56. The smallest absolute Gasteiger partial charge is 0.323 e. The normalized spacial score (nSPS) is 41.7. The molecule has 0 aliphatic carbocycles. The summed E-state index contributed by atoms with van der Waals surface area (Å²) in [4.78, 5) is 15.2. The lowest BCUT2D eigenvalue weighted by atomic mass is 9.79. The Morgan fingerprint density at radius 2 is 2.20 bits per heavy atom. The number of methoxy groups -OCH3 is 2. The number of ether oxygens (including phenoxy) is 3. The molecule has 0 spiro atoms. The topological polar surface area (TPSA) is 74.0 Å². The van der Waals surface area contributed by atoms with Crippen molar-refractivity contribution in [2.45, 2.75) is 64.8 Å². The molecule has 2 N–H and O–H groups in total. The van der Waals surface area contributed by atoms with Crippen molar-refractivity contribution in [1.82, 2.24) is 4.90 Å². The third kappa shape index (κ3) is 4.75. The van der Waals surface area contributed by atoms with Crippen molar-refractivity contribution in [2.75, 3.05) is 27.2 Å². The van der Waals surface area contributed by atoms with E-state index in [1.165, 1.54) is 19.2 Å². The number of carbonyl (C=O) groups excluding carboxylic acids is 1. The molecule has 1 fully saturated rings. The van der Waals surface area contributed by atoms with E-state index in [1.54, 1.807) is 4.90 Å². The first-order valence-corrected chi connectivity index (χ1v) is 9.36. The van der Waals surface area contributed by atoms with E-state index in [4.69, 9.17) is 43.2 Å². The van der Waals surface area contributed by atoms with Crippen molar-refractivity contribution in [3.8, 4) is 11.5 Å². The first-order valence-electron chi connectivity index (χ1n) is 18.4. The lowest BCUT2D eigenvalue weighted by molar-refractivity contribution is -0.160. The fourth-order valence-corrected chi connectivity index (χ4v) is 3.90. The maximum absolute atomic E-state index is 13.6. The van der Waals surface area contributed by atoms with Crippen LogP contribution < -0.4 is 15.2 Å². The van der Waals surface area contributed by atoms with Crippen LogP contribution in [0.15, 0.2) is 12.1 Å². The first-order chi connectivity index (χ1) is 21.2. The predicted octanol–water partition coefficient (Wildman–Crippen LogP) is 3.56. The zero-order chi connectivity index (χ0) is 37.5. The summed E-state index contributed by atoms with van der Waals surface area (Å²) in [6.07, 6.45) is -6.60. The maximum Gasteiger partial charge on any atom is 0.323 e. The van der Waals surface area contributed by atoms with Crippen LogP contribution in [-0.4, -0.2) is 50.2 Å². The predicted molar refractivity (Wildman–Crippen MR) is 118 cm³/mol. The van der Waals surface area contributed by atoms with Crippen LogP contribution in [0.3, 0.4) is 0 Å². The molecule has 1 aromatic carbocycles. The molecule has 30 heavy (non-hydrogen) atoms. The maximum atomic E-state index is 13.6. The molecule has 1 saturated heterocycles. The van der Waals surface area contributed by atoms with Gasteiger partial charge in [-0.15, -0.1) is 0 Å². The van der Waals surface area contributed by atoms with Gasteiger partial charge in [-0.3, -0.25) is 9.69 Å². The summed E-state index contributed by atoms with van der Waals surface area (Å²) in [5.74, 6) is -11.3. The van der Waals surface area contributed by atoms with E-state index in [-0.39, 0.29) is 24.5 Å². The van der Waals surface area contributed by atoms with Crippen LogP contribution in [0, 0.1) is 17.7 Å². The third-order valence-corrected chi connectivity index (χ3v) is 5.31. The minimum atomic E-state index is -4.01. The molecule has 5 atom stereocenters. The summed E-state index contributed by atoms with van der Waals surface area (Å²) in [5.41, 5.74) is 6.59. The van der Waals surface area contributed by atoms with E-state index in [0.717, 1.165) is 6.92 Å². The summed E-state index contributed by atoms with van der Waals surface area (Å²) in [6.45, 7) is -10.7. The van der Waals surface area contributed by atoms with Crippen LogP contribution in [0.25, 0.3) is 0 Å². The Kier molecular flexibility index (Phi) is 2.86. The molecule has 0 amide bonds. The monoisotopic (exact) mass is 436 g/mol. The number of carbonyl (C=O) groups is 1. The molecule has 6 nitrogen and oxygen atoms in total. The number of hydrogen-bond acceptors (Lipinski definition) is 6. The van der Waals surface area contributed by atoms with Crippen LogP contribution in [0.4, 0.5) is 0 Å². The quantitative estimate of drug-likeness (QED) is 0.659. The van der Waals surface area contributed by atoms with Crippen molar-refractivity contribution >= 4 is 5.97 Å². The van der Waals surface area contributed by atoms with Crippen LogP contribution in [0.5, 0.6) is 11.5 Å². The Bertz CT molecular complexity index is 1370. The van der Waals surface area contributed by atoms with Gasteiger partial charge in [-0.2, -0.15) is 0 Å². The van der Waals surface area contributed by atoms with Crippen molar-refractivity contribution in [1.29, 1.82) is 0 Å². The first kappa shape index (κ1) is 8.99. The summed E-state index contributed by atoms with van der Waals surface area (Å²) in [6, 6.07) is -2.07. The van der Waals surface area contributed by atoms with E-state index in [9.17, 15) is 6.17 Å². The molecule has 0 radical (unpaired) electrons. The minimum absolute atomic E-state index is 0.0423. The molecule has 168 valence electrons. The number of rotatable bonds is 7. The third-order valence-electron chi connectivity index (χ3n) is 5.31. The summed E-state index contributed by atoms with van der Waals surface area (Å²) >= 11 is 0. The number of nitrogens with zero attached hydrogens (tertiary/aromatic N) is 1. The highest BCUT2D eigenvalue weighted by molar-refractivity contribution is 5.76. The SMILES string of the molecule is [2H]C([2H])([2H])Oc1cc2c(cc1OC)C1CC([2H])(OC(=O)[C@@]([2H])(N)C([2H])(C([2H])([2H])[2H])C([2H])([2H])[2H])C(C([2H])([2H])C([2H])(C)C([2H])([2H])[2H])CN1CC2. The second-order valence-electron chi connectivity index (χ2n) is 7.24. The van der Waals surface area contributed by atoms with Crippen LogP contribution in [0.1, 0.15) is 82.1 Å². The molecule has 0 aromatic heterocycles. The Hall–Kier alpha value is -1.79. The lowest BCUT2D eigenvalue weighted by Gasteiger charge is -2.47. The van der Waals surface area contributed by atoms with Crippen LogP contribution in [0.2, 0.25) is 0 Å². The molecular weight excluding hydrogens is 380 g/mol. The molecule has 6 heteroatoms. The average Bonchev–Trinajstić information content (AvgIpc) is 2.88. The molecule has 2 aliphatic heterocycles. The Balaban J connectivity index is 2.23. The van der Waals surface area contributed by atoms with Gasteiger partial charge in [0.2, 0.25) is 0 Å². The number of fused-ring (bicyclic) bond motifs is 3. The zero-order valence-corrected chi connectivity index (χ0v) is 16.8. The van der Waals surface area contributed by atoms with Gasteiger partial charge in [0.1, 0.15) is 12.1 Å². The highest BCUT2D eigenvalue weighted by Crippen LogP contribution is 2.44. The Morgan fingerprint density at radius 1 is 1.40 bits per heavy atom. The zero-order valence-electron chi connectivity index (χ0n) is 34.8. The van der Waals surface area contributed by atoms with Gasteiger partial charge in [-0.25, -0.2) is 0 Å². The van der Waals surface area contributed by atoms with Crippen LogP contribution in [-0.2, 0) is 16.0 Å². The van der Waals surface area contributed by atoms with Gasteiger partial charge in [0.25, 0.3) is 0 Å². The van der Waals surface area contributed by atoms with E-state index < -0.39 is 88.7 Å². The number of esters is 1. The van der Waals surface area contributed by atoms with E-state index >= 15 is 0 Å². The van der Waals surface area contributed by atoms with Crippen LogP contribution >= 0.6 is 0 Å². The molecule has 0 saturated carbocycles. The summed E-state index contributed by atoms with van der Waals surface area (Å²) in [7, 11) is -1.61. The number of nitrogens with two attached hydrogens (primary N) is 1. The standard InChI is InChI=1S/C24H38N2O4/c1-14(2)9-17-13-26-8-7-16-10-21(28-5)22(29-6)11-18(16)19(26)12-20(17)30-24(27)23(25)15(3)4/h10-11,14-15,17,19-20,23H,7-9,12-13,25H2,1-6H3/t17?,19?,20?,23-/m0/s1/i1D3,3D3,4D3,5D3,9D2,14D,15D,20D,23D/t14?,17?,19?,20?,23-. The fourth-order valence-electron chi connectivity index (χ4n) is 3.90. The van der Waals surface area contributed by atoms with Crippen molar-refractivity contribution in [2.24, 2.45) is 23.4 Å². The van der Waals surface area contributed by atoms with Gasteiger partial charge in [0, 0.05) is 49.3 Å². The minimum Gasteiger partial charge on any atom is -0.493 e. The van der Waals surface area contributed by atoms with Gasteiger partial charge in [0.15, 0.2) is 11.5 Å².